The van der Waals surface area contributed by atoms with E-state index < -0.39 is 0 Å². The Morgan fingerprint density at radius 3 is 2.42 bits per heavy atom. The predicted octanol–water partition coefficient (Wildman–Crippen LogP) is 3.97. The van der Waals surface area contributed by atoms with Crippen molar-refractivity contribution in [3.63, 3.8) is 0 Å². The van der Waals surface area contributed by atoms with E-state index in [4.69, 9.17) is 11.6 Å². The monoisotopic (exact) mass is 282 g/mol. The molecule has 3 heteroatoms. The van der Waals surface area contributed by atoms with Crippen LogP contribution in [0.4, 0.5) is 0 Å². The van der Waals surface area contributed by atoms with Gasteiger partial charge in [0.1, 0.15) is 0 Å². The Balaban J connectivity index is 2.79. The summed E-state index contributed by atoms with van der Waals surface area (Å²) < 4.78 is 0. The Labute approximate surface area is 123 Å². The molecule has 1 aromatic rings. The molecule has 0 aromatic heterocycles. The third-order valence-electron chi connectivity index (χ3n) is 3.44. The van der Waals surface area contributed by atoms with E-state index in [9.17, 15) is 0 Å². The molecule has 0 aliphatic carbocycles. The lowest BCUT2D eigenvalue weighted by Gasteiger charge is -2.30. The summed E-state index contributed by atoms with van der Waals surface area (Å²) in [6.07, 6.45) is 1.07. The van der Waals surface area contributed by atoms with Crippen LogP contribution < -0.4 is 5.32 Å². The van der Waals surface area contributed by atoms with Crippen LogP contribution in [0.5, 0.6) is 0 Å². The maximum absolute atomic E-state index is 6.09. The Kier molecular flexibility index (Phi) is 6.84. The zero-order chi connectivity index (χ0) is 14.4. The van der Waals surface area contributed by atoms with E-state index in [1.807, 2.05) is 12.1 Å². The molecule has 1 aromatic carbocycles. The Hall–Kier alpha value is -0.570. The molecule has 0 aliphatic heterocycles. The van der Waals surface area contributed by atoms with Crippen molar-refractivity contribution in [2.75, 3.05) is 20.6 Å². The third-order valence-corrected chi connectivity index (χ3v) is 3.68. The minimum Gasteiger partial charge on any atom is -0.308 e. The van der Waals surface area contributed by atoms with Gasteiger partial charge in [-0.25, -0.2) is 0 Å². The van der Waals surface area contributed by atoms with Crippen molar-refractivity contribution in [2.24, 2.45) is 5.92 Å². The van der Waals surface area contributed by atoms with Crippen LogP contribution in [0, 0.1) is 5.92 Å². The number of halogens is 1. The molecule has 0 bridgehead atoms. The minimum atomic E-state index is 0.367. The highest BCUT2D eigenvalue weighted by Gasteiger charge is 2.19. The van der Waals surface area contributed by atoms with E-state index in [-0.39, 0.29) is 0 Å². The fraction of sp³-hybridized carbons (Fsp3) is 0.625. The van der Waals surface area contributed by atoms with E-state index >= 15 is 0 Å². The van der Waals surface area contributed by atoms with Crippen LogP contribution in [0.3, 0.4) is 0 Å². The molecule has 0 heterocycles. The molecule has 0 spiro atoms. The average molecular weight is 283 g/mol. The van der Waals surface area contributed by atoms with Crippen LogP contribution in [0.15, 0.2) is 24.3 Å². The Morgan fingerprint density at radius 1 is 1.26 bits per heavy atom. The first-order valence-electron chi connectivity index (χ1n) is 7.10. The number of nitrogens with zero attached hydrogens (tertiary/aromatic N) is 1. The second-order valence-corrected chi connectivity index (χ2v) is 6.23. The zero-order valence-electron chi connectivity index (χ0n) is 12.8. The molecule has 2 unspecified atom stereocenters. The van der Waals surface area contributed by atoms with Gasteiger partial charge in [-0.2, -0.15) is 0 Å². The standard InChI is InChI=1S/C16H27ClN2/c1-6-15(13-8-7-9-14(17)10-13)18-16(12(2)3)11-19(4)5/h7-10,12,15-16,18H,6,11H2,1-5H3. The van der Waals surface area contributed by atoms with Crippen molar-refractivity contribution in [1.82, 2.24) is 10.2 Å². The molecular weight excluding hydrogens is 256 g/mol. The summed E-state index contributed by atoms with van der Waals surface area (Å²) >= 11 is 6.09. The summed E-state index contributed by atoms with van der Waals surface area (Å²) in [7, 11) is 4.24. The number of nitrogens with one attached hydrogen (secondary N) is 1. The van der Waals surface area contributed by atoms with Crippen LogP contribution in [0.1, 0.15) is 38.8 Å². The van der Waals surface area contributed by atoms with E-state index in [1.54, 1.807) is 0 Å². The van der Waals surface area contributed by atoms with Gasteiger partial charge in [-0.3, -0.25) is 0 Å². The second-order valence-electron chi connectivity index (χ2n) is 5.80. The molecule has 2 atom stereocenters. The zero-order valence-corrected chi connectivity index (χ0v) is 13.5. The quantitative estimate of drug-likeness (QED) is 0.814. The van der Waals surface area contributed by atoms with Crippen molar-refractivity contribution in [3.8, 4) is 0 Å². The molecule has 0 amide bonds. The molecular formula is C16H27ClN2. The van der Waals surface area contributed by atoms with E-state index in [1.165, 1.54) is 5.56 Å². The number of hydrogen-bond donors (Lipinski definition) is 1. The molecule has 2 nitrogen and oxygen atoms in total. The molecule has 0 saturated carbocycles. The van der Waals surface area contributed by atoms with Crippen molar-refractivity contribution in [1.29, 1.82) is 0 Å². The average Bonchev–Trinajstić information content (AvgIpc) is 2.33. The molecule has 0 radical (unpaired) electrons. The third kappa shape index (κ3) is 5.52. The van der Waals surface area contributed by atoms with Crippen LogP contribution in [0.25, 0.3) is 0 Å². The lowest BCUT2D eigenvalue weighted by Crippen LogP contribution is -2.43. The van der Waals surface area contributed by atoms with E-state index in [0.717, 1.165) is 18.0 Å². The molecule has 0 fully saturated rings. The van der Waals surface area contributed by atoms with Crippen molar-refractivity contribution < 1.29 is 0 Å². The summed E-state index contributed by atoms with van der Waals surface area (Å²) in [5.74, 6) is 0.607. The van der Waals surface area contributed by atoms with E-state index in [0.29, 0.717) is 18.0 Å². The van der Waals surface area contributed by atoms with Crippen molar-refractivity contribution in [2.45, 2.75) is 39.3 Å². The maximum atomic E-state index is 6.09. The van der Waals surface area contributed by atoms with Gasteiger partial charge in [-0.1, -0.05) is 44.5 Å². The number of hydrogen-bond acceptors (Lipinski definition) is 2. The normalized spacial score (nSPS) is 14.9. The van der Waals surface area contributed by atoms with Gasteiger partial charge in [-0.15, -0.1) is 0 Å². The van der Waals surface area contributed by atoms with Gasteiger partial charge in [0.05, 0.1) is 0 Å². The number of likely N-dealkylation sites (N-methyl/N-ethyl adjacent to an activating group) is 1. The van der Waals surface area contributed by atoms with Gasteiger partial charge in [0, 0.05) is 23.7 Å². The largest absolute Gasteiger partial charge is 0.308 e. The Morgan fingerprint density at radius 2 is 1.95 bits per heavy atom. The fourth-order valence-corrected chi connectivity index (χ4v) is 2.48. The SMILES string of the molecule is CCC(NC(CN(C)C)C(C)C)c1cccc(Cl)c1. The first-order chi connectivity index (χ1) is 8.93. The molecule has 0 saturated heterocycles. The molecule has 108 valence electrons. The fourth-order valence-electron chi connectivity index (χ4n) is 2.28. The highest BCUT2D eigenvalue weighted by molar-refractivity contribution is 6.30. The van der Waals surface area contributed by atoms with Crippen molar-refractivity contribution in [3.05, 3.63) is 34.9 Å². The lowest BCUT2D eigenvalue weighted by atomic mass is 9.98. The summed E-state index contributed by atoms with van der Waals surface area (Å²) in [6.45, 7) is 7.80. The summed E-state index contributed by atoms with van der Waals surface area (Å²) in [6, 6.07) is 9.02. The molecule has 0 aliphatic rings. The Bertz CT molecular complexity index is 377. The van der Waals surface area contributed by atoms with Crippen LogP contribution in [-0.4, -0.2) is 31.6 Å². The topological polar surface area (TPSA) is 15.3 Å². The van der Waals surface area contributed by atoms with Crippen LogP contribution in [0.2, 0.25) is 5.02 Å². The highest BCUT2D eigenvalue weighted by Crippen LogP contribution is 2.22. The smallest absolute Gasteiger partial charge is 0.0409 e. The highest BCUT2D eigenvalue weighted by atomic mass is 35.5. The summed E-state index contributed by atoms with van der Waals surface area (Å²) in [5.41, 5.74) is 1.28. The first kappa shape index (κ1) is 16.5. The van der Waals surface area contributed by atoms with Gasteiger partial charge in [0.25, 0.3) is 0 Å². The van der Waals surface area contributed by atoms with Gasteiger partial charge in [0.15, 0.2) is 0 Å². The van der Waals surface area contributed by atoms with Gasteiger partial charge in [0.2, 0.25) is 0 Å². The van der Waals surface area contributed by atoms with Crippen LogP contribution >= 0.6 is 11.6 Å². The second kappa shape index (κ2) is 7.88. The number of rotatable bonds is 7. The first-order valence-corrected chi connectivity index (χ1v) is 7.48. The number of benzene rings is 1. The van der Waals surface area contributed by atoms with Gasteiger partial charge >= 0.3 is 0 Å². The molecule has 19 heavy (non-hydrogen) atoms. The minimum absolute atomic E-state index is 0.367. The molecule has 1 N–H and O–H groups in total. The molecule has 1 rings (SSSR count). The van der Waals surface area contributed by atoms with Gasteiger partial charge < -0.3 is 10.2 Å². The summed E-state index contributed by atoms with van der Waals surface area (Å²) in [4.78, 5) is 2.24. The lowest BCUT2D eigenvalue weighted by molar-refractivity contribution is 0.267. The van der Waals surface area contributed by atoms with Crippen molar-refractivity contribution >= 4 is 11.6 Å². The summed E-state index contributed by atoms with van der Waals surface area (Å²) in [5, 5.41) is 4.59. The maximum Gasteiger partial charge on any atom is 0.0409 e. The predicted molar refractivity (Wildman–Crippen MR) is 84.8 cm³/mol. The van der Waals surface area contributed by atoms with Crippen LogP contribution in [-0.2, 0) is 0 Å². The van der Waals surface area contributed by atoms with E-state index in [2.05, 4.69) is 57.2 Å². The van der Waals surface area contributed by atoms with Gasteiger partial charge in [-0.05, 0) is 44.1 Å².